The number of hydrogen-bond acceptors (Lipinski definition) is 7. The lowest BCUT2D eigenvalue weighted by Crippen LogP contribution is -2.31. The molecule has 0 aliphatic carbocycles. The summed E-state index contributed by atoms with van der Waals surface area (Å²) < 4.78 is 46.8. The minimum absolute atomic E-state index is 0.0264. The number of methoxy groups -OCH3 is 1. The molecule has 1 heterocycles. The van der Waals surface area contributed by atoms with E-state index in [2.05, 4.69) is 4.72 Å². The summed E-state index contributed by atoms with van der Waals surface area (Å²) in [5.74, 6) is 1.48. The van der Waals surface area contributed by atoms with Gasteiger partial charge in [-0.05, 0) is 47.5 Å². The third-order valence-electron chi connectivity index (χ3n) is 6.57. The third kappa shape index (κ3) is 6.86. The predicted molar refractivity (Wildman–Crippen MR) is 156 cm³/mol. The van der Waals surface area contributed by atoms with Crippen molar-refractivity contribution in [3.8, 4) is 5.75 Å². The Morgan fingerprint density at radius 2 is 1.65 bits per heavy atom. The van der Waals surface area contributed by atoms with Crippen LogP contribution in [0, 0.1) is 0 Å². The zero-order chi connectivity index (χ0) is 28.0. The van der Waals surface area contributed by atoms with Crippen molar-refractivity contribution in [1.82, 2.24) is 0 Å². The number of ether oxygens (including phenoxy) is 3. The van der Waals surface area contributed by atoms with Crippen LogP contribution < -0.4 is 9.46 Å². The van der Waals surface area contributed by atoms with Crippen LogP contribution in [0.2, 0.25) is 0 Å². The van der Waals surface area contributed by atoms with Crippen molar-refractivity contribution in [3.63, 3.8) is 0 Å². The number of aliphatic hydroxyl groups is 1. The second-order valence-electron chi connectivity index (χ2n) is 9.36. The molecular weight excluding hydrogens is 546 g/mol. The normalized spacial score (nSPS) is 19.2. The molecule has 7 nitrogen and oxygen atoms in total. The van der Waals surface area contributed by atoms with E-state index in [1.54, 1.807) is 67.4 Å². The number of thioether (sulfide) groups is 1. The lowest BCUT2D eigenvalue weighted by atomic mass is 10.0. The standard InChI is InChI=1S/C31H31NO6S2/c1-36-28-12-5-6-13-30(28)39-21-26-19-29(23-16-14-22(20-33)15-17-23)38-31(37-26)24-8-7-9-25(18-24)32-40(34,35)27-10-3-2-4-11-27/h2-18,26,29,31-33H,19-21H2,1H3/t26-,29+,31+/m0/s1. The first kappa shape index (κ1) is 28.2. The number of aliphatic hydroxyl groups excluding tert-OH is 1. The quantitative estimate of drug-likeness (QED) is 0.213. The van der Waals surface area contributed by atoms with Gasteiger partial charge >= 0.3 is 0 Å². The average Bonchev–Trinajstić information content (AvgIpc) is 3.00. The summed E-state index contributed by atoms with van der Waals surface area (Å²) in [6.07, 6.45) is -0.474. The highest BCUT2D eigenvalue weighted by atomic mass is 32.2. The van der Waals surface area contributed by atoms with Crippen molar-refractivity contribution in [2.75, 3.05) is 17.6 Å². The van der Waals surface area contributed by atoms with E-state index in [4.69, 9.17) is 14.2 Å². The van der Waals surface area contributed by atoms with E-state index in [9.17, 15) is 13.5 Å². The van der Waals surface area contributed by atoms with E-state index < -0.39 is 16.3 Å². The highest BCUT2D eigenvalue weighted by Gasteiger charge is 2.32. The van der Waals surface area contributed by atoms with Crippen LogP contribution in [0.4, 0.5) is 5.69 Å². The van der Waals surface area contributed by atoms with Crippen molar-refractivity contribution in [3.05, 3.63) is 120 Å². The van der Waals surface area contributed by atoms with Gasteiger partial charge in [0.05, 0.1) is 30.8 Å². The van der Waals surface area contributed by atoms with Crippen LogP contribution in [0.5, 0.6) is 5.75 Å². The van der Waals surface area contributed by atoms with Gasteiger partial charge in [-0.15, -0.1) is 11.8 Å². The molecule has 208 valence electrons. The molecule has 0 spiro atoms. The summed E-state index contributed by atoms with van der Waals surface area (Å²) in [5, 5.41) is 9.46. The van der Waals surface area contributed by atoms with E-state index in [0.29, 0.717) is 23.4 Å². The lowest BCUT2D eigenvalue weighted by Gasteiger charge is -2.36. The van der Waals surface area contributed by atoms with Crippen LogP contribution in [0.15, 0.2) is 113 Å². The summed E-state index contributed by atoms with van der Waals surface area (Å²) in [6, 6.07) is 30.9. The zero-order valence-electron chi connectivity index (χ0n) is 22.0. The molecule has 2 N–H and O–H groups in total. The first-order chi connectivity index (χ1) is 19.4. The van der Waals surface area contributed by atoms with Crippen LogP contribution in [0.1, 0.15) is 35.5 Å². The fraction of sp³-hybridized carbons (Fsp3) is 0.226. The number of sulfonamides is 1. The Hall–Kier alpha value is -3.34. The molecule has 1 saturated heterocycles. The van der Waals surface area contributed by atoms with E-state index >= 15 is 0 Å². The minimum Gasteiger partial charge on any atom is -0.496 e. The van der Waals surface area contributed by atoms with Gasteiger partial charge < -0.3 is 19.3 Å². The van der Waals surface area contributed by atoms with Gasteiger partial charge in [0.15, 0.2) is 6.29 Å². The summed E-state index contributed by atoms with van der Waals surface area (Å²) in [4.78, 5) is 1.21. The molecule has 0 unspecified atom stereocenters. The van der Waals surface area contributed by atoms with Crippen molar-refractivity contribution in [2.24, 2.45) is 0 Å². The fourth-order valence-electron chi connectivity index (χ4n) is 4.51. The molecular formula is C31H31NO6S2. The Morgan fingerprint density at radius 1 is 0.900 bits per heavy atom. The van der Waals surface area contributed by atoms with Crippen molar-refractivity contribution < 1.29 is 27.7 Å². The molecule has 1 aliphatic rings. The number of nitrogens with one attached hydrogen (secondary N) is 1. The highest BCUT2D eigenvalue weighted by molar-refractivity contribution is 7.99. The maximum absolute atomic E-state index is 12.9. The number of benzene rings is 4. The summed E-state index contributed by atoms with van der Waals surface area (Å²) in [7, 11) is -2.09. The van der Waals surface area contributed by atoms with Crippen molar-refractivity contribution in [2.45, 2.75) is 41.3 Å². The molecule has 0 aromatic heterocycles. The second kappa shape index (κ2) is 12.9. The van der Waals surface area contributed by atoms with Crippen LogP contribution >= 0.6 is 11.8 Å². The van der Waals surface area contributed by atoms with Gasteiger partial charge in [0.2, 0.25) is 0 Å². The summed E-state index contributed by atoms with van der Waals surface area (Å²) in [6.45, 7) is -0.0264. The Bertz CT molecular complexity index is 1510. The second-order valence-corrected chi connectivity index (χ2v) is 12.1. The topological polar surface area (TPSA) is 94.1 Å². The summed E-state index contributed by atoms with van der Waals surface area (Å²) in [5.41, 5.74) is 2.94. The Labute approximate surface area is 239 Å². The van der Waals surface area contributed by atoms with Gasteiger partial charge in [-0.1, -0.05) is 66.7 Å². The molecule has 0 radical (unpaired) electrons. The van der Waals surface area contributed by atoms with Crippen molar-refractivity contribution >= 4 is 27.5 Å². The molecule has 4 aromatic rings. The molecule has 0 amide bonds. The van der Waals surface area contributed by atoms with Gasteiger partial charge in [0, 0.05) is 28.3 Å². The maximum Gasteiger partial charge on any atom is 0.261 e. The van der Waals surface area contributed by atoms with Crippen LogP contribution in [0.3, 0.4) is 0 Å². The van der Waals surface area contributed by atoms with Crippen LogP contribution in [-0.2, 0) is 26.1 Å². The van der Waals surface area contributed by atoms with E-state index in [1.165, 1.54) is 0 Å². The summed E-state index contributed by atoms with van der Waals surface area (Å²) >= 11 is 1.66. The monoisotopic (exact) mass is 577 g/mol. The smallest absolute Gasteiger partial charge is 0.261 e. The van der Waals surface area contributed by atoms with Crippen LogP contribution in [-0.4, -0.2) is 32.5 Å². The van der Waals surface area contributed by atoms with Gasteiger partial charge in [0.25, 0.3) is 10.0 Å². The molecule has 0 saturated carbocycles. The number of para-hydroxylation sites is 1. The molecule has 1 fully saturated rings. The first-order valence-corrected chi connectivity index (χ1v) is 15.4. The zero-order valence-corrected chi connectivity index (χ0v) is 23.6. The Kier molecular flexibility index (Phi) is 9.08. The number of hydrogen-bond donors (Lipinski definition) is 2. The molecule has 40 heavy (non-hydrogen) atoms. The SMILES string of the molecule is COc1ccccc1SC[C@@H]1C[C@H](c2ccc(CO)cc2)O[C@H](c2cccc(NS(=O)(=O)c3ccccc3)c2)O1. The maximum atomic E-state index is 12.9. The van der Waals surface area contributed by atoms with E-state index in [1.807, 2.05) is 54.6 Å². The molecule has 5 rings (SSSR count). The Morgan fingerprint density at radius 3 is 2.40 bits per heavy atom. The average molecular weight is 578 g/mol. The lowest BCUT2D eigenvalue weighted by molar-refractivity contribution is -0.245. The van der Waals surface area contributed by atoms with E-state index in [-0.39, 0.29) is 23.7 Å². The van der Waals surface area contributed by atoms with Gasteiger partial charge in [-0.25, -0.2) is 8.42 Å². The molecule has 4 aromatic carbocycles. The van der Waals surface area contributed by atoms with E-state index in [0.717, 1.165) is 21.8 Å². The predicted octanol–water partition coefficient (Wildman–Crippen LogP) is 6.33. The van der Waals surface area contributed by atoms with Crippen molar-refractivity contribution in [1.29, 1.82) is 0 Å². The molecule has 3 atom stereocenters. The minimum atomic E-state index is -3.75. The molecule has 0 bridgehead atoms. The Balaban J connectivity index is 1.38. The number of anilines is 1. The van der Waals surface area contributed by atoms with Gasteiger partial charge in [-0.2, -0.15) is 0 Å². The van der Waals surface area contributed by atoms with Crippen LogP contribution in [0.25, 0.3) is 0 Å². The first-order valence-electron chi connectivity index (χ1n) is 12.9. The fourth-order valence-corrected chi connectivity index (χ4v) is 6.63. The molecule has 1 aliphatic heterocycles. The van der Waals surface area contributed by atoms with Gasteiger partial charge in [-0.3, -0.25) is 4.72 Å². The molecule has 9 heteroatoms. The largest absolute Gasteiger partial charge is 0.496 e. The number of rotatable bonds is 10. The third-order valence-corrected chi connectivity index (χ3v) is 9.16. The highest BCUT2D eigenvalue weighted by Crippen LogP contribution is 2.41. The van der Waals surface area contributed by atoms with Gasteiger partial charge in [0.1, 0.15) is 5.75 Å².